The van der Waals surface area contributed by atoms with Gasteiger partial charge in [-0.05, 0) is 55.4 Å². The summed E-state index contributed by atoms with van der Waals surface area (Å²) in [4.78, 5) is 0. The Kier molecular flexibility index (Phi) is 6.83. The molecule has 33 heavy (non-hydrogen) atoms. The number of halogens is 2. The second-order valence-electron chi connectivity index (χ2n) is 9.42. The van der Waals surface area contributed by atoms with Crippen molar-refractivity contribution in [3.8, 4) is 11.5 Å². The smallest absolute Gasteiger partial charge is 0.232 e. The van der Waals surface area contributed by atoms with Gasteiger partial charge in [-0.3, -0.25) is 4.31 Å². The molecule has 1 fully saturated rings. The van der Waals surface area contributed by atoms with Crippen LogP contribution in [0.25, 0.3) is 0 Å². The zero-order valence-electron chi connectivity index (χ0n) is 19.5. The highest BCUT2D eigenvalue weighted by Crippen LogP contribution is 2.55. The lowest BCUT2D eigenvalue weighted by atomic mass is 9.73. The second-order valence-corrected chi connectivity index (χ2v) is 12.1. The second kappa shape index (κ2) is 9.20. The fourth-order valence-electron chi connectivity index (χ4n) is 4.85. The van der Waals surface area contributed by atoms with Gasteiger partial charge in [-0.1, -0.05) is 56.1 Å². The third-order valence-electron chi connectivity index (χ3n) is 6.52. The summed E-state index contributed by atoms with van der Waals surface area (Å²) < 4.78 is 40.9. The Labute approximate surface area is 207 Å². The van der Waals surface area contributed by atoms with Crippen LogP contribution < -0.4 is 13.8 Å². The summed E-state index contributed by atoms with van der Waals surface area (Å²) in [6.07, 6.45) is 5.37. The molecule has 0 amide bonds. The zero-order chi connectivity index (χ0) is 24.0. The van der Waals surface area contributed by atoms with Crippen molar-refractivity contribution in [2.45, 2.75) is 70.4 Å². The van der Waals surface area contributed by atoms with Crippen LogP contribution in [-0.4, -0.2) is 26.9 Å². The maximum Gasteiger partial charge on any atom is 0.232 e. The Hall–Kier alpha value is -1.63. The molecule has 0 bridgehead atoms. The van der Waals surface area contributed by atoms with Gasteiger partial charge in [0.15, 0.2) is 0 Å². The number of benzene rings is 2. The van der Waals surface area contributed by atoms with E-state index in [0.717, 1.165) is 31.2 Å². The molecule has 4 rings (SSSR count). The summed E-state index contributed by atoms with van der Waals surface area (Å²) in [7, 11) is -3.70. The van der Waals surface area contributed by atoms with E-state index in [-0.39, 0.29) is 5.92 Å². The van der Waals surface area contributed by atoms with Gasteiger partial charge in [-0.25, -0.2) is 8.42 Å². The first-order valence-corrected chi connectivity index (χ1v) is 14.1. The fraction of sp³-hybridized carbons (Fsp3) is 0.520. The lowest BCUT2D eigenvalue weighted by Crippen LogP contribution is -2.51. The van der Waals surface area contributed by atoms with E-state index in [1.165, 1.54) is 10.6 Å². The number of hydrogen-bond acceptors (Lipinski definition) is 4. The standard InChI is InChI=1S/C25H31Cl2NO4S/c1-5-12-31-24-18(16(2)3)8-6-9-21(24)28(33(4,29)30)22-15-25(10-7-11-25)32-23-19(22)13-17(26)14-20(23)27/h6,8-9,13-14,16,22H,5,7,10-12,15H2,1-4H3. The molecule has 0 aromatic heterocycles. The molecular formula is C25H31Cl2NO4S. The van der Waals surface area contributed by atoms with Gasteiger partial charge in [0.25, 0.3) is 0 Å². The molecule has 1 spiro atoms. The van der Waals surface area contributed by atoms with Gasteiger partial charge in [0.2, 0.25) is 10.0 Å². The Bertz CT molecular complexity index is 1150. The Morgan fingerprint density at radius 2 is 1.97 bits per heavy atom. The summed E-state index contributed by atoms with van der Waals surface area (Å²) in [5.74, 6) is 1.31. The molecule has 2 aromatic rings. The van der Waals surface area contributed by atoms with Crippen LogP contribution in [0.3, 0.4) is 0 Å². The average Bonchev–Trinajstić information content (AvgIpc) is 2.70. The van der Waals surface area contributed by atoms with Crippen LogP contribution in [-0.2, 0) is 10.0 Å². The SMILES string of the molecule is CCCOc1c(C(C)C)cccc1N(C1CC2(CCC2)Oc2c(Cl)cc(Cl)cc21)S(C)(=O)=O. The third-order valence-corrected chi connectivity index (χ3v) is 8.18. The lowest BCUT2D eigenvalue weighted by Gasteiger charge is -2.50. The number of para-hydroxylation sites is 1. The van der Waals surface area contributed by atoms with Gasteiger partial charge < -0.3 is 9.47 Å². The van der Waals surface area contributed by atoms with Crippen molar-refractivity contribution in [3.05, 3.63) is 51.5 Å². The van der Waals surface area contributed by atoms with Crippen molar-refractivity contribution in [1.82, 2.24) is 0 Å². The number of nitrogens with zero attached hydrogens (tertiary/aromatic N) is 1. The molecule has 8 heteroatoms. The zero-order valence-corrected chi connectivity index (χ0v) is 21.9. The van der Waals surface area contributed by atoms with Gasteiger partial charge >= 0.3 is 0 Å². The molecule has 0 saturated heterocycles. The van der Waals surface area contributed by atoms with Crippen molar-refractivity contribution in [1.29, 1.82) is 0 Å². The van der Waals surface area contributed by atoms with E-state index in [1.54, 1.807) is 12.1 Å². The normalized spacial score (nSPS) is 19.1. The molecular weight excluding hydrogens is 481 g/mol. The van der Waals surface area contributed by atoms with Crippen LogP contribution in [0.1, 0.15) is 76.0 Å². The van der Waals surface area contributed by atoms with Crippen LogP contribution in [0.5, 0.6) is 11.5 Å². The number of fused-ring (bicyclic) bond motifs is 1. The van der Waals surface area contributed by atoms with E-state index in [2.05, 4.69) is 13.8 Å². The van der Waals surface area contributed by atoms with E-state index in [9.17, 15) is 8.42 Å². The van der Waals surface area contributed by atoms with Gasteiger partial charge in [-0.15, -0.1) is 0 Å². The number of anilines is 1. The number of rotatable bonds is 7. The maximum absolute atomic E-state index is 13.4. The molecule has 180 valence electrons. The van der Waals surface area contributed by atoms with Crippen molar-refractivity contribution >= 4 is 38.9 Å². The molecule has 1 unspecified atom stereocenters. The monoisotopic (exact) mass is 511 g/mol. The number of ether oxygens (including phenoxy) is 2. The van der Waals surface area contributed by atoms with Gasteiger partial charge in [0.1, 0.15) is 17.1 Å². The topological polar surface area (TPSA) is 55.8 Å². The fourth-order valence-corrected chi connectivity index (χ4v) is 6.55. The minimum atomic E-state index is -3.70. The molecule has 1 aliphatic carbocycles. The van der Waals surface area contributed by atoms with Crippen molar-refractivity contribution in [3.63, 3.8) is 0 Å². The summed E-state index contributed by atoms with van der Waals surface area (Å²) >= 11 is 12.9. The summed E-state index contributed by atoms with van der Waals surface area (Å²) in [6.45, 7) is 6.69. The highest BCUT2D eigenvalue weighted by molar-refractivity contribution is 7.92. The minimum absolute atomic E-state index is 0.169. The van der Waals surface area contributed by atoms with E-state index in [0.29, 0.717) is 45.8 Å². The highest BCUT2D eigenvalue weighted by atomic mass is 35.5. The summed E-state index contributed by atoms with van der Waals surface area (Å²) in [5.41, 5.74) is 1.79. The maximum atomic E-state index is 13.4. The van der Waals surface area contributed by atoms with E-state index < -0.39 is 21.7 Å². The third kappa shape index (κ3) is 4.67. The van der Waals surface area contributed by atoms with E-state index in [4.69, 9.17) is 32.7 Å². The van der Waals surface area contributed by atoms with Gasteiger partial charge in [0.05, 0.1) is 29.6 Å². The van der Waals surface area contributed by atoms with Gasteiger partial charge in [0, 0.05) is 17.0 Å². The highest BCUT2D eigenvalue weighted by Gasteiger charge is 2.49. The Balaban J connectivity index is 1.94. The predicted molar refractivity (Wildman–Crippen MR) is 135 cm³/mol. The summed E-state index contributed by atoms with van der Waals surface area (Å²) in [5, 5.41) is 0.851. The largest absolute Gasteiger partial charge is 0.491 e. The summed E-state index contributed by atoms with van der Waals surface area (Å²) in [6, 6.07) is 8.64. The number of sulfonamides is 1. The van der Waals surface area contributed by atoms with E-state index >= 15 is 0 Å². The minimum Gasteiger partial charge on any atom is -0.491 e. The molecule has 2 aromatic carbocycles. The molecule has 1 heterocycles. The molecule has 0 N–H and O–H groups in total. The molecule has 1 atom stereocenters. The quantitative estimate of drug-likeness (QED) is 0.397. The molecule has 0 radical (unpaired) electrons. The Morgan fingerprint density at radius 3 is 2.55 bits per heavy atom. The average molecular weight is 512 g/mol. The van der Waals surface area contributed by atoms with E-state index in [1.807, 2.05) is 25.1 Å². The van der Waals surface area contributed by atoms with Crippen molar-refractivity contribution in [2.24, 2.45) is 0 Å². The Morgan fingerprint density at radius 1 is 1.24 bits per heavy atom. The molecule has 5 nitrogen and oxygen atoms in total. The first-order valence-electron chi connectivity index (χ1n) is 11.5. The van der Waals surface area contributed by atoms with Gasteiger partial charge in [-0.2, -0.15) is 0 Å². The molecule has 2 aliphatic rings. The predicted octanol–water partition coefficient (Wildman–Crippen LogP) is 7.12. The van der Waals surface area contributed by atoms with Crippen LogP contribution in [0.15, 0.2) is 30.3 Å². The van der Waals surface area contributed by atoms with Crippen LogP contribution in [0.4, 0.5) is 5.69 Å². The van der Waals surface area contributed by atoms with Crippen molar-refractivity contribution in [2.75, 3.05) is 17.2 Å². The molecule has 1 aliphatic heterocycles. The molecule has 1 saturated carbocycles. The van der Waals surface area contributed by atoms with Crippen LogP contribution in [0.2, 0.25) is 10.0 Å². The first-order chi connectivity index (χ1) is 15.6. The van der Waals surface area contributed by atoms with Crippen molar-refractivity contribution < 1.29 is 17.9 Å². The number of hydrogen-bond donors (Lipinski definition) is 0. The van der Waals surface area contributed by atoms with Crippen LogP contribution >= 0.6 is 23.2 Å². The first kappa shape index (κ1) is 24.5. The lowest BCUT2D eigenvalue weighted by molar-refractivity contribution is -0.0323. The van der Waals surface area contributed by atoms with Crippen LogP contribution in [0, 0.1) is 0 Å².